The first-order valence-corrected chi connectivity index (χ1v) is 11.5. The second kappa shape index (κ2) is 7.87. The van der Waals surface area contributed by atoms with Crippen LogP contribution in [0.4, 0.5) is 0 Å². The highest BCUT2D eigenvalue weighted by Gasteiger charge is 2.34. The molecule has 0 aromatic heterocycles. The molecule has 2 aliphatic heterocycles. The van der Waals surface area contributed by atoms with Crippen LogP contribution in [0, 0.1) is 0 Å². The molecule has 0 N–H and O–H groups in total. The smallest absolute Gasteiger partial charge is 0.243 e. The Morgan fingerprint density at radius 1 is 0.862 bits per heavy atom. The number of amides is 3. The Bertz CT molecular complexity index is 935. The Balaban J connectivity index is 1.39. The number of piperazine rings is 1. The maximum Gasteiger partial charge on any atom is 0.243 e. The summed E-state index contributed by atoms with van der Waals surface area (Å²) in [6.45, 7) is 0.647. The molecule has 3 aliphatic rings. The molecule has 0 unspecified atom stereocenters. The summed E-state index contributed by atoms with van der Waals surface area (Å²) in [5.41, 5.74) is 2.35. The van der Waals surface area contributed by atoms with Crippen LogP contribution in [0.25, 0.3) is 0 Å². The molecule has 2 fully saturated rings. The summed E-state index contributed by atoms with van der Waals surface area (Å²) in [6.07, 6.45) is 4.44. The molecule has 2 saturated heterocycles. The van der Waals surface area contributed by atoms with Crippen molar-refractivity contribution in [1.29, 1.82) is 0 Å². The predicted octanol–water partition coefficient (Wildman–Crippen LogP) is 0.547. The van der Waals surface area contributed by atoms with Crippen LogP contribution in [0.2, 0.25) is 0 Å². The van der Waals surface area contributed by atoms with Crippen molar-refractivity contribution in [2.24, 2.45) is 0 Å². The van der Waals surface area contributed by atoms with Gasteiger partial charge in [0.1, 0.15) is 6.54 Å². The number of fused-ring (bicyclic) bond motifs is 1. The average molecular weight is 420 g/mol. The zero-order valence-electron chi connectivity index (χ0n) is 16.3. The summed E-state index contributed by atoms with van der Waals surface area (Å²) in [4.78, 5) is 38.7. The molecule has 1 aromatic rings. The van der Waals surface area contributed by atoms with Crippen molar-refractivity contribution in [3.8, 4) is 0 Å². The van der Waals surface area contributed by atoms with Gasteiger partial charge in [0.05, 0.1) is 4.90 Å². The van der Waals surface area contributed by atoms with E-state index in [0.29, 0.717) is 4.90 Å². The van der Waals surface area contributed by atoms with E-state index in [1.807, 2.05) is 6.07 Å². The minimum Gasteiger partial charge on any atom is -0.338 e. The van der Waals surface area contributed by atoms with Gasteiger partial charge >= 0.3 is 0 Å². The highest BCUT2D eigenvalue weighted by atomic mass is 32.2. The van der Waals surface area contributed by atoms with E-state index in [2.05, 4.69) is 0 Å². The van der Waals surface area contributed by atoms with Crippen LogP contribution in [0.5, 0.6) is 0 Å². The van der Waals surface area contributed by atoms with E-state index in [0.717, 1.165) is 36.1 Å². The van der Waals surface area contributed by atoms with Crippen LogP contribution < -0.4 is 0 Å². The van der Waals surface area contributed by atoms with Gasteiger partial charge in [-0.15, -0.1) is 0 Å². The normalized spacial score (nSPS) is 20.8. The molecule has 1 aliphatic carbocycles. The molecule has 156 valence electrons. The monoisotopic (exact) mass is 419 g/mol. The second-order valence-electron chi connectivity index (χ2n) is 7.80. The molecule has 4 rings (SSSR count). The number of hydrogen-bond donors (Lipinski definition) is 0. The lowest BCUT2D eigenvalue weighted by molar-refractivity contribution is -0.145. The van der Waals surface area contributed by atoms with Gasteiger partial charge in [-0.25, -0.2) is 8.42 Å². The lowest BCUT2D eigenvalue weighted by Gasteiger charge is -2.34. The number of carbonyl (C=O) groups is 3. The first-order chi connectivity index (χ1) is 13.9. The Kier molecular flexibility index (Phi) is 5.44. The SMILES string of the molecule is O=C(CN1C(=O)CCC1=O)N1CCN(S(=O)(=O)c2ccc3c(c2)CCCC3)CC1. The van der Waals surface area contributed by atoms with Crippen LogP contribution in [-0.4, -0.2) is 73.0 Å². The van der Waals surface area contributed by atoms with Crippen LogP contribution in [-0.2, 0) is 37.2 Å². The third-order valence-corrected chi connectivity index (χ3v) is 7.89. The summed E-state index contributed by atoms with van der Waals surface area (Å²) in [6, 6.07) is 5.40. The zero-order valence-corrected chi connectivity index (χ0v) is 17.1. The Morgan fingerprint density at radius 2 is 1.48 bits per heavy atom. The van der Waals surface area contributed by atoms with Gasteiger partial charge in [-0.05, 0) is 48.9 Å². The number of carbonyl (C=O) groups excluding carboxylic acids is 3. The lowest BCUT2D eigenvalue weighted by atomic mass is 9.92. The summed E-state index contributed by atoms with van der Waals surface area (Å²) in [5, 5.41) is 0. The molecular weight excluding hydrogens is 394 g/mol. The molecule has 0 saturated carbocycles. The highest BCUT2D eigenvalue weighted by Crippen LogP contribution is 2.26. The number of nitrogens with zero attached hydrogens (tertiary/aromatic N) is 3. The van der Waals surface area contributed by atoms with Crippen molar-refractivity contribution in [2.45, 2.75) is 43.4 Å². The lowest BCUT2D eigenvalue weighted by Crippen LogP contribution is -2.53. The summed E-state index contributed by atoms with van der Waals surface area (Å²) >= 11 is 0. The fourth-order valence-electron chi connectivity index (χ4n) is 4.23. The fraction of sp³-hybridized carbons (Fsp3) is 0.550. The average Bonchev–Trinajstić information content (AvgIpc) is 3.05. The second-order valence-corrected chi connectivity index (χ2v) is 9.73. The van der Waals surface area contributed by atoms with Gasteiger partial charge in [-0.3, -0.25) is 19.3 Å². The fourth-order valence-corrected chi connectivity index (χ4v) is 5.71. The maximum absolute atomic E-state index is 13.0. The van der Waals surface area contributed by atoms with E-state index in [1.165, 1.54) is 14.8 Å². The van der Waals surface area contributed by atoms with E-state index in [4.69, 9.17) is 0 Å². The van der Waals surface area contributed by atoms with Crippen molar-refractivity contribution in [2.75, 3.05) is 32.7 Å². The summed E-state index contributed by atoms with van der Waals surface area (Å²) in [5.74, 6) is -0.964. The number of hydrogen-bond acceptors (Lipinski definition) is 5. The Hall–Kier alpha value is -2.26. The topological polar surface area (TPSA) is 95.1 Å². The quantitative estimate of drug-likeness (QED) is 0.664. The van der Waals surface area contributed by atoms with E-state index in [1.54, 1.807) is 12.1 Å². The van der Waals surface area contributed by atoms with Gasteiger partial charge in [0, 0.05) is 39.0 Å². The van der Waals surface area contributed by atoms with Gasteiger partial charge in [0.2, 0.25) is 27.7 Å². The summed E-state index contributed by atoms with van der Waals surface area (Å²) in [7, 11) is -3.61. The predicted molar refractivity (Wildman–Crippen MR) is 104 cm³/mol. The third-order valence-electron chi connectivity index (χ3n) is 6.00. The maximum atomic E-state index is 13.0. The van der Waals surface area contributed by atoms with Crippen LogP contribution in [0.15, 0.2) is 23.1 Å². The first kappa shape index (κ1) is 20.0. The van der Waals surface area contributed by atoms with Crippen LogP contribution in [0.1, 0.15) is 36.8 Å². The third kappa shape index (κ3) is 3.93. The van der Waals surface area contributed by atoms with Crippen molar-refractivity contribution in [3.05, 3.63) is 29.3 Å². The van der Waals surface area contributed by atoms with Crippen LogP contribution in [0.3, 0.4) is 0 Å². The van der Waals surface area contributed by atoms with Gasteiger partial charge in [-0.1, -0.05) is 6.07 Å². The molecule has 0 atom stereocenters. The van der Waals surface area contributed by atoms with Crippen molar-refractivity contribution < 1.29 is 22.8 Å². The van der Waals surface area contributed by atoms with Gasteiger partial charge in [-0.2, -0.15) is 4.31 Å². The van der Waals surface area contributed by atoms with Gasteiger partial charge in [0.15, 0.2) is 0 Å². The standard InChI is InChI=1S/C20H25N3O5S/c24-18-7-8-19(25)23(18)14-20(26)21-9-11-22(12-10-21)29(27,28)17-6-5-15-3-1-2-4-16(15)13-17/h5-6,13H,1-4,7-12,14H2. The molecule has 9 heteroatoms. The molecular formula is C20H25N3O5S. The molecule has 3 amide bonds. The van der Waals surface area contributed by atoms with E-state index >= 15 is 0 Å². The highest BCUT2D eigenvalue weighted by molar-refractivity contribution is 7.89. The van der Waals surface area contributed by atoms with Gasteiger partial charge in [0.25, 0.3) is 0 Å². The summed E-state index contributed by atoms with van der Waals surface area (Å²) < 4.78 is 27.5. The van der Waals surface area contributed by atoms with Crippen molar-refractivity contribution in [3.63, 3.8) is 0 Å². The van der Waals surface area contributed by atoms with E-state index < -0.39 is 10.0 Å². The molecule has 29 heavy (non-hydrogen) atoms. The number of rotatable bonds is 4. The number of sulfonamides is 1. The van der Waals surface area contributed by atoms with E-state index in [9.17, 15) is 22.8 Å². The zero-order chi connectivity index (χ0) is 20.6. The Labute approximate surface area is 170 Å². The number of benzene rings is 1. The van der Waals surface area contributed by atoms with Crippen molar-refractivity contribution >= 4 is 27.7 Å². The molecule has 2 heterocycles. The molecule has 0 bridgehead atoms. The Morgan fingerprint density at radius 3 is 2.14 bits per heavy atom. The molecule has 0 radical (unpaired) electrons. The van der Waals surface area contributed by atoms with E-state index in [-0.39, 0.29) is 63.3 Å². The first-order valence-electron chi connectivity index (χ1n) is 10.1. The number of likely N-dealkylation sites (tertiary alicyclic amines) is 1. The van der Waals surface area contributed by atoms with Crippen molar-refractivity contribution in [1.82, 2.24) is 14.1 Å². The van der Waals surface area contributed by atoms with Gasteiger partial charge < -0.3 is 4.90 Å². The number of aryl methyl sites for hydroxylation is 2. The largest absolute Gasteiger partial charge is 0.338 e. The van der Waals surface area contributed by atoms with Crippen LogP contribution >= 0.6 is 0 Å². The minimum atomic E-state index is -3.61. The minimum absolute atomic E-state index is 0.152. The molecule has 8 nitrogen and oxygen atoms in total. The molecule has 0 spiro atoms. The molecule has 1 aromatic carbocycles. The number of imide groups is 1.